The molecule has 1 aromatic heterocycles. The number of hydrogen-bond acceptors (Lipinski definition) is 3. The van der Waals surface area contributed by atoms with Crippen LogP contribution in [0.2, 0.25) is 0 Å². The first kappa shape index (κ1) is 12.1. The molecule has 92 valence electrons. The SMILES string of the molecule is Cc1[nH]c2ccc(S(C)(=O)=O)cc2c1CCO. The largest absolute Gasteiger partial charge is 0.396 e. The first-order valence-corrected chi connectivity index (χ1v) is 7.24. The molecule has 0 saturated heterocycles. The molecule has 0 spiro atoms. The molecular weight excluding hydrogens is 238 g/mol. The third-order valence-corrected chi connectivity index (χ3v) is 3.99. The molecule has 0 saturated carbocycles. The summed E-state index contributed by atoms with van der Waals surface area (Å²) in [5.74, 6) is 0. The molecule has 0 aliphatic rings. The summed E-state index contributed by atoms with van der Waals surface area (Å²) in [6.07, 6.45) is 1.72. The van der Waals surface area contributed by atoms with E-state index in [0.717, 1.165) is 22.2 Å². The lowest BCUT2D eigenvalue weighted by Crippen LogP contribution is -1.97. The van der Waals surface area contributed by atoms with Gasteiger partial charge in [0.05, 0.1) is 4.90 Å². The van der Waals surface area contributed by atoms with E-state index in [9.17, 15) is 8.42 Å². The van der Waals surface area contributed by atoms with Crippen LogP contribution in [0.3, 0.4) is 0 Å². The molecule has 2 rings (SSSR count). The van der Waals surface area contributed by atoms with Crippen molar-refractivity contribution in [1.29, 1.82) is 0 Å². The summed E-state index contributed by atoms with van der Waals surface area (Å²) in [6, 6.07) is 5.02. The Labute approximate surface area is 100 Å². The van der Waals surface area contributed by atoms with Crippen LogP contribution < -0.4 is 0 Å². The molecule has 0 aliphatic carbocycles. The van der Waals surface area contributed by atoms with Crippen LogP contribution in [0.5, 0.6) is 0 Å². The lowest BCUT2D eigenvalue weighted by molar-refractivity contribution is 0.300. The Morgan fingerprint density at radius 2 is 2.06 bits per heavy atom. The van der Waals surface area contributed by atoms with Crippen molar-refractivity contribution in [3.05, 3.63) is 29.5 Å². The fourth-order valence-corrected chi connectivity index (χ4v) is 2.67. The Bertz CT molecular complexity index is 656. The van der Waals surface area contributed by atoms with Crippen LogP contribution in [0.4, 0.5) is 0 Å². The van der Waals surface area contributed by atoms with Crippen molar-refractivity contribution in [3.63, 3.8) is 0 Å². The molecule has 0 fully saturated rings. The number of sulfone groups is 1. The molecule has 1 heterocycles. The number of hydrogen-bond donors (Lipinski definition) is 2. The Balaban J connectivity index is 2.70. The van der Waals surface area contributed by atoms with Gasteiger partial charge in [0.15, 0.2) is 9.84 Å². The lowest BCUT2D eigenvalue weighted by Gasteiger charge is -2.01. The average Bonchev–Trinajstić information content (AvgIpc) is 2.54. The minimum Gasteiger partial charge on any atom is -0.396 e. The smallest absolute Gasteiger partial charge is 0.175 e. The summed E-state index contributed by atoms with van der Waals surface area (Å²) >= 11 is 0. The number of nitrogens with one attached hydrogen (secondary N) is 1. The number of aryl methyl sites for hydroxylation is 1. The van der Waals surface area contributed by atoms with E-state index in [-0.39, 0.29) is 6.61 Å². The van der Waals surface area contributed by atoms with Gasteiger partial charge in [-0.2, -0.15) is 0 Å². The maximum absolute atomic E-state index is 11.5. The van der Waals surface area contributed by atoms with Gasteiger partial charge in [0.25, 0.3) is 0 Å². The van der Waals surface area contributed by atoms with E-state index < -0.39 is 9.84 Å². The van der Waals surface area contributed by atoms with Crippen LogP contribution >= 0.6 is 0 Å². The Kier molecular flexibility index (Phi) is 2.97. The molecule has 17 heavy (non-hydrogen) atoms. The molecule has 0 atom stereocenters. The van der Waals surface area contributed by atoms with Crippen LogP contribution in [-0.2, 0) is 16.3 Å². The predicted molar refractivity (Wildman–Crippen MR) is 66.9 cm³/mol. The summed E-state index contributed by atoms with van der Waals surface area (Å²) in [7, 11) is -3.19. The van der Waals surface area contributed by atoms with Crippen molar-refractivity contribution < 1.29 is 13.5 Å². The van der Waals surface area contributed by atoms with Gasteiger partial charge in [-0.25, -0.2) is 8.42 Å². The van der Waals surface area contributed by atoms with E-state index in [1.807, 2.05) is 6.92 Å². The molecule has 5 heteroatoms. The zero-order valence-corrected chi connectivity index (χ0v) is 10.6. The van der Waals surface area contributed by atoms with Gasteiger partial charge in [-0.3, -0.25) is 0 Å². The highest BCUT2D eigenvalue weighted by molar-refractivity contribution is 7.90. The fourth-order valence-electron chi connectivity index (χ4n) is 2.03. The highest BCUT2D eigenvalue weighted by atomic mass is 32.2. The fraction of sp³-hybridized carbons (Fsp3) is 0.333. The number of aromatic amines is 1. The average molecular weight is 253 g/mol. The number of aliphatic hydroxyl groups excluding tert-OH is 1. The molecular formula is C12H15NO3S. The lowest BCUT2D eigenvalue weighted by atomic mass is 10.1. The zero-order chi connectivity index (χ0) is 12.6. The summed E-state index contributed by atoms with van der Waals surface area (Å²) in [6.45, 7) is 1.97. The summed E-state index contributed by atoms with van der Waals surface area (Å²) < 4.78 is 23.0. The third kappa shape index (κ3) is 2.21. The van der Waals surface area contributed by atoms with Crippen LogP contribution in [0.25, 0.3) is 10.9 Å². The number of fused-ring (bicyclic) bond motifs is 1. The summed E-state index contributed by atoms with van der Waals surface area (Å²) in [5, 5.41) is 9.89. The molecule has 0 amide bonds. The van der Waals surface area contributed by atoms with Crippen molar-refractivity contribution in [3.8, 4) is 0 Å². The highest BCUT2D eigenvalue weighted by Crippen LogP contribution is 2.25. The molecule has 0 unspecified atom stereocenters. The van der Waals surface area contributed by atoms with Crippen molar-refractivity contribution >= 4 is 20.7 Å². The first-order chi connectivity index (χ1) is 7.93. The van der Waals surface area contributed by atoms with Gasteiger partial charge < -0.3 is 10.1 Å². The molecule has 0 bridgehead atoms. The predicted octanol–water partition coefficient (Wildman–Crippen LogP) is 1.41. The zero-order valence-electron chi connectivity index (χ0n) is 9.82. The van der Waals surface area contributed by atoms with E-state index in [0.29, 0.717) is 11.3 Å². The second-order valence-electron chi connectivity index (χ2n) is 4.18. The van der Waals surface area contributed by atoms with E-state index >= 15 is 0 Å². The van der Waals surface area contributed by atoms with Crippen molar-refractivity contribution in [2.24, 2.45) is 0 Å². The molecule has 1 aromatic carbocycles. The Hall–Kier alpha value is -1.33. The number of benzene rings is 1. The van der Waals surface area contributed by atoms with E-state index in [1.165, 1.54) is 6.26 Å². The van der Waals surface area contributed by atoms with Crippen LogP contribution in [0.15, 0.2) is 23.1 Å². The normalized spacial score (nSPS) is 12.2. The van der Waals surface area contributed by atoms with Gasteiger partial charge in [-0.1, -0.05) is 0 Å². The van der Waals surface area contributed by atoms with Crippen molar-refractivity contribution in [2.75, 3.05) is 12.9 Å². The second-order valence-corrected chi connectivity index (χ2v) is 6.20. The van der Waals surface area contributed by atoms with Gasteiger partial charge in [0.2, 0.25) is 0 Å². The standard InChI is InChI=1S/C12H15NO3S/c1-8-10(5-6-14)11-7-9(17(2,15)16)3-4-12(11)13-8/h3-4,7,13-14H,5-6H2,1-2H3. The minimum absolute atomic E-state index is 0.0525. The molecule has 0 radical (unpaired) electrons. The molecule has 4 nitrogen and oxygen atoms in total. The van der Waals surface area contributed by atoms with Crippen molar-refractivity contribution in [1.82, 2.24) is 4.98 Å². The third-order valence-electron chi connectivity index (χ3n) is 2.88. The number of aliphatic hydroxyl groups is 1. The first-order valence-electron chi connectivity index (χ1n) is 5.35. The monoisotopic (exact) mass is 253 g/mol. The van der Waals surface area contributed by atoms with E-state index in [2.05, 4.69) is 4.98 Å². The number of aromatic nitrogens is 1. The number of H-pyrrole nitrogens is 1. The topological polar surface area (TPSA) is 70.2 Å². The number of rotatable bonds is 3. The van der Waals surface area contributed by atoms with Gasteiger partial charge in [0.1, 0.15) is 0 Å². The van der Waals surface area contributed by atoms with Gasteiger partial charge in [0, 0.05) is 29.5 Å². The van der Waals surface area contributed by atoms with Gasteiger partial charge in [-0.05, 0) is 37.1 Å². The molecule has 2 aromatic rings. The summed E-state index contributed by atoms with van der Waals surface area (Å²) in [5.41, 5.74) is 2.85. The van der Waals surface area contributed by atoms with E-state index in [1.54, 1.807) is 18.2 Å². The van der Waals surface area contributed by atoms with Crippen LogP contribution in [-0.4, -0.2) is 31.4 Å². The quantitative estimate of drug-likeness (QED) is 0.869. The Morgan fingerprint density at radius 3 is 2.65 bits per heavy atom. The Morgan fingerprint density at radius 1 is 1.35 bits per heavy atom. The minimum atomic E-state index is -3.19. The molecule has 2 N–H and O–H groups in total. The van der Waals surface area contributed by atoms with E-state index in [4.69, 9.17) is 5.11 Å². The second kappa shape index (κ2) is 4.16. The van der Waals surface area contributed by atoms with Gasteiger partial charge >= 0.3 is 0 Å². The molecule has 0 aliphatic heterocycles. The maximum atomic E-state index is 11.5. The van der Waals surface area contributed by atoms with Crippen molar-refractivity contribution in [2.45, 2.75) is 18.2 Å². The van der Waals surface area contributed by atoms with Crippen LogP contribution in [0.1, 0.15) is 11.3 Å². The highest BCUT2D eigenvalue weighted by Gasteiger charge is 2.12. The van der Waals surface area contributed by atoms with Crippen LogP contribution in [0, 0.1) is 6.92 Å². The summed E-state index contributed by atoms with van der Waals surface area (Å²) in [4.78, 5) is 3.49. The van der Waals surface area contributed by atoms with Gasteiger partial charge in [-0.15, -0.1) is 0 Å². The maximum Gasteiger partial charge on any atom is 0.175 e.